The standard InChI is InChI=1S/C11H11Cl2F/c12-9-5-8(6-10(14)11(9)13)7-3-1-2-4-7/h5-7H,1-4H2. The maximum atomic E-state index is 13.3. The van der Waals surface area contributed by atoms with Crippen LogP contribution in [0.1, 0.15) is 37.2 Å². The molecule has 0 amide bonds. The number of rotatable bonds is 1. The van der Waals surface area contributed by atoms with E-state index >= 15 is 0 Å². The van der Waals surface area contributed by atoms with Crippen molar-refractivity contribution in [1.29, 1.82) is 0 Å². The quantitative estimate of drug-likeness (QED) is 0.611. The van der Waals surface area contributed by atoms with Gasteiger partial charge in [0, 0.05) is 0 Å². The van der Waals surface area contributed by atoms with Crippen molar-refractivity contribution in [3.8, 4) is 0 Å². The van der Waals surface area contributed by atoms with Crippen molar-refractivity contribution in [2.45, 2.75) is 31.6 Å². The van der Waals surface area contributed by atoms with Crippen LogP contribution in [0.5, 0.6) is 0 Å². The van der Waals surface area contributed by atoms with Crippen molar-refractivity contribution in [3.63, 3.8) is 0 Å². The summed E-state index contributed by atoms with van der Waals surface area (Å²) in [7, 11) is 0. The summed E-state index contributed by atoms with van der Waals surface area (Å²) in [6.07, 6.45) is 4.73. The van der Waals surface area contributed by atoms with Crippen molar-refractivity contribution in [2.75, 3.05) is 0 Å². The van der Waals surface area contributed by atoms with Crippen LogP contribution in [-0.2, 0) is 0 Å². The van der Waals surface area contributed by atoms with Crippen LogP contribution in [0.3, 0.4) is 0 Å². The second kappa shape index (κ2) is 4.08. The lowest BCUT2D eigenvalue weighted by atomic mass is 9.98. The van der Waals surface area contributed by atoms with E-state index in [9.17, 15) is 4.39 Å². The first-order chi connectivity index (χ1) is 6.68. The molecule has 1 saturated carbocycles. The number of benzene rings is 1. The fourth-order valence-corrected chi connectivity index (χ4v) is 2.40. The van der Waals surface area contributed by atoms with E-state index in [4.69, 9.17) is 23.2 Å². The maximum Gasteiger partial charge on any atom is 0.143 e. The molecular weight excluding hydrogens is 222 g/mol. The zero-order chi connectivity index (χ0) is 10.1. The molecule has 1 aromatic carbocycles. The number of halogens is 3. The minimum absolute atomic E-state index is 0.0356. The minimum atomic E-state index is -0.402. The molecule has 1 aromatic rings. The lowest BCUT2D eigenvalue weighted by molar-refractivity contribution is 0.619. The first kappa shape index (κ1) is 10.3. The molecule has 1 aliphatic carbocycles. The van der Waals surface area contributed by atoms with E-state index in [0.29, 0.717) is 10.9 Å². The van der Waals surface area contributed by atoms with E-state index < -0.39 is 5.82 Å². The van der Waals surface area contributed by atoms with Gasteiger partial charge < -0.3 is 0 Å². The summed E-state index contributed by atoms with van der Waals surface area (Å²) in [4.78, 5) is 0. The van der Waals surface area contributed by atoms with Gasteiger partial charge in [-0.2, -0.15) is 0 Å². The molecule has 0 N–H and O–H groups in total. The van der Waals surface area contributed by atoms with E-state index in [1.165, 1.54) is 18.9 Å². The Morgan fingerprint density at radius 3 is 2.36 bits per heavy atom. The molecule has 1 fully saturated rings. The van der Waals surface area contributed by atoms with E-state index in [2.05, 4.69) is 0 Å². The van der Waals surface area contributed by atoms with E-state index in [-0.39, 0.29) is 5.02 Å². The lowest BCUT2D eigenvalue weighted by Gasteiger charge is -2.10. The third kappa shape index (κ3) is 1.89. The smallest absolute Gasteiger partial charge is 0.143 e. The highest BCUT2D eigenvalue weighted by atomic mass is 35.5. The van der Waals surface area contributed by atoms with Crippen LogP contribution < -0.4 is 0 Å². The fraction of sp³-hybridized carbons (Fsp3) is 0.455. The zero-order valence-corrected chi connectivity index (χ0v) is 9.21. The molecule has 76 valence electrons. The van der Waals surface area contributed by atoms with Gasteiger partial charge in [-0.25, -0.2) is 4.39 Å². The van der Waals surface area contributed by atoms with Crippen molar-refractivity contribution in [1.82, 2.24) is 0 Å². The third-order valence-corrected chi connectivity index (χ3v) is 3.61. The van der Waals surface area contributed by atoms with Crippen LogP contribution >= 0.6 is 23.2 Å². The van der Waals surface area contributed by atoms with Crippen LogP contribution in [0.2, 0.25) is 10.0 Å². The lowest BCUT2D eigenvalue weighted by Crippen LogP contribution is -1.94. The van der Waals surface area contributed by atoms with Gasteiger partial charge in [0.25, 0.3) is 0 Å². The molecule has 3 heteroatoms. The van der Waals surface area contributed by atoms with Gasteiger partial charge in [0.05, 0.1) is 10.0 Å². The minimum Gasteiger partial charge on any atom is -0.205 e. The highest BCUT2D eigenvalue weighted by Gasteiger charge is 2.19. The number of hydrogen-bond acceptors (Lipinski definition) is 0. The van der Waals surface area contributed by atoms with Crippen LogP contribution in [0, 0.1) is 5.82 Å². The predicted molar refractivity (Wildman–Crippen MR) is 57.6 cm³/mol. The van der Waals surface area contributed by atoms with Gasteiger partial charge in [-0.15, -0.1) is 0 Å². The molecule has 2 rings (SSSR count). The van der Waals surface area contributed by atoms with Gasteiger partial charge >= 0.3 is 0 Å². The molecule has 0 unspecified atom stereocenters. The molecule has 0 spiro atoms. The molecule has 0 heterocycles. The van der Waals surface area contributed by atoms with Crippen LogP contribution in [0.4, 0.5) is 4.39 Å². The van der Waals surface area contributed by atoms with Gasteiger partial charge in [-0.3, -0.25) is 0 Å². The Labute approximate surface area is 93.0 Å². The Morgan fingerprint density at radius 1 is 1.14 bits per heavy atom. The Kier molecular flexibility index (Phi) is 2.99. The van der Waals surface area contributed by atoms with Crippen LogP contribution in [0.25, 0.3) is 0 Å². The largest absolute Gasteiger partial charge is 0.205 e. The second-order valence-corrected chi connectivity index (χ2v) is 4.57. The van der Waals surface area contributed by atoms with Gasteiger partial charge in [0.1, 0.15) is 5.82 Å². The maximum absolute atomic E-state index is 13.3. The van der Waals surface area contributed by atoms with E-state index in [0.717, 1.165) is 18.4 Å². The summed E-state index contributed by atoms with van der Waals surface area (Å²) in [5.41, 5.74) is 0.995. The monoisotopic (exact) mass is 232 g/mol. The van der Waals surface area contributed by atoms with Crippen LogP contribution in [0.15, 0.2) is 12.1 Å². The first-order valence-corrected chi connectivity index (χ1v) is 5.58. The van der Waals surface area contributed by atoms with Crippen molar-refractivity contribution in [2.24, 2.45) is 0 Å². The van der Waals surface area contributed by atoms with Crippen molar-refractivity contribution < 1.29 is 4.39 Å². The SMILES string of the molecule is Fc1cc(C2CCCC2)cc(Cl)c1Cl. The highest BCUT2D eigenvalue weighted by molar-refractivity contribution is 6.42. The third-order valence-electron chi connectivity index (χ3n) is 2.83. The fourth-order valence-electron chi connectivity index (χ4n) is 2.07. The van der Waals surface area contributed by atoms with Crippen molar-refractivity contribution in [3.05, 3.63) is 33.6 Å². The molecule has 1 aliphatic rings. The summed E-state index contributed by atoms with van der Waals surface area (Å²) < 4.78 is 13.3. The van der Waals surface area contributed by atoms with Gasteiger partial charge in [-0.1, -0.05) is 36.0 Å². The number of hydrogen-bond donors (Lipinski definition) is 0. The Balaban J connectivity index is 2.34. The molecule has 14 heavy (non-hydrogen) atoms. The summed E-state index contributed by atoms with van der Waals surface area (Å²) in [5, 5.41) is 0.363. The zero-order valence-electron chi connectivity index (χ0n) is 7.69. The van der Waals surface area contributed by atoms with Crippen LogP contribution in [-0.4, -0.2) is 0 Å². The predicted octanol–water partition coefficient (Wildman–Crippen LogP) is 4.79. The summed E-state index contributed by atoms with van der Waals surface area (Å²) in [5.74, 6) is 0.0698. The summed E-state index contributed by atoms with van der Waals surface area (Å²) in [6, 6.07) is 3.31. The molecular formula is C11H11Cl2F. The van der Waals surface area contributed by atoms with Crippen molar-refractivity contribution >= 4 is 23.2 Å². The van der Waals surface area contributed by atoms with Gasteiger partial charge in [0.15, 0.2) is 0 Å². The molecule has 0 nitrogen and oxygen atoms in total. The second-order valence-electron chi connectivity index (χ2n) is 3.78. The Morgan fingerprint density at radius 2 is 1.79 bits per heavy atom. The molecule has 0 saturated heterocycles. The van der Waals surface area contributed by atoms with E-state index in [1.807, 2.05) is 0 Å². The molecule has 0 radical (unpaired) electrons. The summed E-state index contributed by atoms with van der Waals surface area (Å²) in [6.45, 7) is 0. The Bertz CT molecular complexity index is 320. The first-order valence-electron chi connectivity index (χ1n) is 4.83. The average Bonchev–Trinajstić information content (AvgIpc) is 2.66. The topological polar surface area (TPSA) is 0 Å². The molecule has 0 aliphatic heterocycles. The normalized spacial score (nSPS) is 17.6. The highest BCUT2D eigenvalue weighted by Crippen LogP contribution is 2.37. The molecule has 0 bridgehead atoms. The van der Waals surface area contributed by atoms with Gasteiger partial charge in [0.2, 0.25) is 0 Å². The summed E-state index contributed by atoms with van der Waals surface area (Å²) >= 11 is 11.5. The average molecular weight is 233 g/mol. The molecule has 0 aromatic heterocycles. The van der Waals surface area contributed by atoms with Gasteiger partial charge in [-0.05, 0) is 36.5 Å². The van der Waals surface area contributed by atoms with E-state index in [1.54, 1.807) is 6.07 Å². The molecule has 0 atom stereocenters. The Hall–Kier alpha value is -0.270.